The van der Waals surface area contributed by atoms with Gasteiger partial charge in [0, 0.05) is 25.4 Å². The van der Waals surface area contributed by atoms with Gasteiger partial charge in [-0.25, -0.2) is 0 Å². The van der Waals surface area contributed by atoms with Gasteiger partial charge in [-0.1, -0.05) is 12.1 Å². The molecule has 1 saturated carbocycles. The van der Waals surface area contributed by atoms with Gasteiger partial charge in [0.15, 0.2) is 0 Å². The largest absolute Gasteiger partial charge is 0.399 e. The maximum Gasteiger partial charge on any atom is 0.0591 e. The maximum absolute atomic E-state index is 5.61. The molecule has 3 heteroatoms. The Morgan fingerprint density at radius 3 is 2.69 bits per heavy atom. The van der Waals surface area contributed by atoms with E-state index in [1.165, 1.54) is 18.4 Å². The predicted octanol–water partition coefficient (Wildman–Crippen LogP) is 1.78. The topological polar surface area (TPSA) is 47.3 Å². The molecule has 0 spiro atoms. The minimum Gasteiger partial charge on any atom is -0.399 e. The van der Waals surface area contributed by atoms with E-state index in [0.29, 0.717) is 0 Å². The summed E-state index contributed by atoms with van der Waals surface area (Å²) in [4.78, 5) is 0. The zero-order chi connectivity index (χ0) is 11.2. The summed E-state index contributed by atoms with van der Waals surface area (Å²) in [5.41, 5.74) is 7.69. The molecule has 1 aliphatic rings. The molecule has 0 heterocycles. The summed E-state index contributed by atoms with van der Waals surface area (Å²) in [6, 6.07) is 7.96. The third-order valence-corrected chi connectivity index (χ3v) is 2.78. The molecule has 0 radical (unpaired) electrons. The van der Waals surface area contributed by atoms with Crippen LogP contribution < -0.4 is 11.1 Å². The second-order valence-electron chi connectivity index (χ2n) is 4.44. The smallest absolute Gasteiger partial charge is 0.0591 e. The molecule has 3 N–H and O–H groups in total. The van der Waals surface area contributed by atoms with Crippen LogP contribution in [0.3, 0.4) is 0 Å². The van der Waals surface area contributed by atoms with Crippen LogP contribution in [-0.2, 0) is 11.3 Å². The van der Waals surface area contributed by atoms with Gasteiger partial charge < -0.3 is 15.8 Å². The molecule has 2 rings (SSSR count). The van der Waals surface area contributed by atoms with E-state index in [1.54, 1.807) is 0 Å². The Kier molecular flexibility index (Phi) is 4.19. The lowest BCUT2D eigenvalue weighted by Gasteiger charge is -2.06. The summed E-state index contributed by atoms with van der Waals surface area (Å²) in [6.07, 6.45) is 2.72. The van der Waals surface area contributed by atoms with Crippen LogP contribution in [-0.4, -0.2) is 19.8 Å². The number of nitrogens with two attached hydrogens (primary N) is 1. The van der Waals surface area contributed by atoms with Crippen LogP contribution in [0.5, 0.6) is 0 Å². The van der Waals surface area contributed by atoms with Crippen LogP contribution in [0.15, 0.2) is 24.3 Å². The fourth-order valence-electron chi connectivity index (χ4n) is 1.55. The zero-order valence-corrected chi connectivity index (χ0v) is 9.61. The lowest BCUT2D eigenvalue weighted by Crippen LogP contribution is -2.19. The quantitative estimate of drug-likeness (QED) is 0.544. The Morgan fingerprint density at radius 1 is 1.25 bits per heavy atom. The standard InChI is InChI=1S/C13H20N2O/c14-13-5-3-11(4-6-13)9-15-7-8-16-10-12-1-2-12/h3-6,12,15H,1-2,7-10,14H2. The Balaban J connectivity index is 1.51. The van der Waals surface area contributed by atoms with Crippen LogP contribution in [0.1, 0.15) is 18.4 Å². The molecule has 1 aromatic carbocycles. The van der Waals surface area contributed by atoms with Gasteiger partial charge in [-0.2, -0.15) is 0 Å². The van der Waals surface area contributed by atoms with Crippen molar-refractivity contribution >= 4 is 5.69 Å². The number of ether oxygens (including phenoxy) is 1. The van der Waals surface area contributed by atoms with Crippen molar-refractivity contribution in [1.82, 2.24) is 5.32 Å². The first kappa shape index (κ1) is 11.4. The van der Waals surface area contributed by atoms with Crippen LogP contribution in [0.2, 0.25) is 0 Å². The molecule has 88 valence electrons. The highest BCUT2D eigenvalue weighted by Gasteiger charge is 2.20. The molecule has 1 aliphatic carbocycles. The van der Waals surface area contributed by atoms with Crippen LogP contribution >= 0.6 is 0 Å². The monoisotopic (exact) mass is 220 g/mol. The summed E-state index contributed by atoms with van der Waals surface area (Å²) in [5, 5.41) is 3.35. The van der Waals surface area contributed by atoms with Crippen LogP contribution in [0.25, 0.3) is 0 Å². The van der Waals surface area contributed by atoms with Crippen molar-refractivity contribution in [2.24, 2.45) is 5.92 Å². The Morgan fingerprint density at radius 2 is 2.00 bits per heavy atom. The Hall–Kier alpha value is -1.06. The van der Waals surface area contributed by atoms with Crippen molar-refractivity contribution in [3.8, 4) is 0 Å². The Bertz CT molecular complexity index is 306. The van der Waals surface area contributed by atoms with E-state index in [-0.39, 0.29) is 0 Å². The van der Waals surface area contributed by atoms with Crippen molar-refractivity contribution in [3.05, 3.63) is 29.8 Å². The summed E-state index contributed by atoms with van der Waals surface area (Å²) in [5.74, 6) is 0.858. The van der Waals surface area contributed by atoms with E-state index in [4.69, 9.17) is 10.5 Å². The highest BCUT2D eigenvalue weighted by Crippen LogP contribution is 2.28. The third kappa shape index (κ3) is 4.21. The number of nitrogens with one attached hydrogen (secondary N) is 1. The number of hydrogen-bond donors (Lipinski definition) is 2. The van der Waals surface area contributed by atoms with Gasteiger partial charge in [0.05, 0.1) is 6.61 Å². The molecule has 0 saturated heterocycles. The highest BCUT2D eigenvalue weighted by atomic mass is 16.5. The fourth-order valence-corrected chi connectivity index (χ4v) is 1.55. The van der Waals surface area contributed by atoms with Crippen LogP contribution in [0, 0.1) is 5.92 Å². The molecule has 0 bridgehead atoms. The van der Waals surface area contributed by atoms with Gasteiger partial charge in [0.2, 0.25) is 0 Å². The molecule has 0 amide bonds. The van der Waals surface area contributed by atoms with Gasteiger partial charge in [0.25, 0.3) is 0 Å². The van der Waals surface area contributed by atoms with E-state index < -0.39 is 0 Å². The molecular formula is C13H20N2O. The second-order valence-corrected chi connectivity index (χ2v) is 4.44. The van der Waals surface area contributed by atoms with E-state index in [2.05, 4.69) is 5.32 Å². The lowest BCUT2D eigenvalue weighted by atomic mass is 10.2. The lowest BCUT2D eigenvalue weighted by molar-refractivity contribution is 0.126. The van der Waals surface area contributed by atoms with Gasteiger partial charge in [-0.15, -0.1) is 0 Å². The first-order valence-corrected chi connectivity index (χ1v) is 5.97. The second kappa shape index (κ2) is 5.87. The Labute approximate surface area is 97.0 Å². The molecule has 0 aliphatic heterocycles. The first-order valence-electron chi connectivity index (χ1n) is 5.97. The van der Waals surface area contributed by atoms with Gasteiger partial charge in [-0.05, 0) is 36.5 Å². The third-order valence-electron chi connectivity index (χ3n) is 2.78. The van der Waals surface area contributed by atoms with Crippen molar-refractivity contribution in [1.29, 1.82) is 0 Å². The van der Waals surface area contributed by atoms with Crippen molar-refractivity contribution in [2.75, 3.05) is 25.5 Å². The summed E-state index contributed by atoms with van der Waals surface area (Å²) < 4.78 is 5.53. The maximum atomic E-state index is 5.61. The average Bonchev–Trinajstić information content (AvgIpc) is 3.10. The zero-order valence-electron chi connectivity index (χ0n) is 9.61. The van der Waals surface area contributed by atoms with E-state index in [1.807, 2.05) is 24.3 Å². The normalized spacial score (nSPS) is 15.2. The molecule has 0 unspecified atom stereocenters. The van der Waals surface area contributed by atoms with Gasteiger partial charge in [0.1, 0.15) is 0 Å². The predicted molar refractivity (Wildman–Crippen MR) is 66.1 cm³/mol. The van der Waals surface area contributed by atoms with Crippen molar-refractivity contribution < 1.29 is 4.74 Å². The van der Waals surface area contributed by atoms with Crippen molar-refractivity contribution in [2.45, 2.75) is 19.4 Å². The summed E-state index contributed by atoms with van der Waals surface area (Å²) in [7, 11) is 0. The molecule has 1 aromatic rings. The van der Waals surface area contributed by atoms with Gasteiger partial charge >= 0.3 is 0 Å². The van der Waals surface area contributed by atoms with E-state index in [0.717, 1.165) is 37.9 Å². The molecule has 0 aromatic heterocycles. The molecule has 16 heavy (non-hydrogen) atoms. The highest BCUT2D eigenvalue weighted by molar-refractivity contribution is 5.39. The van der Waals surface area contributed by atoms with Crippen molar-refractivity contribution in [3.63, 3.8) is 0 Å². The number of benzene rings is 1. The number of hydrogen-bond acceptors (Lipinski definition) is 3. The first-order chi connectivity index (χ1) is 7.84. The average molecular weight is 220 g/mol. The molecule has 1 fully saturated rings. The summed E-state index contributed by atoms with van der Waals surface area (Å²) in [6.45, 7) is 3.55. The van der Waals surface area contributed by atoms with E-state index in [9.17, 15) is 0 Å². The fraction of sp³-hybridized carbons (Fsp3) is 0.538. The molecular weight excluding hydrogens is 200 g/mol. The number of anilines is 1. The minimum atomic E-state index is 0.811. The van der Waals surface area contributed by atoms with E-state index >= 15 is 0 Å². The van der Waals surface area contributed by atoms with Crippen LogP contribution in [0.4, 0.5) is 5.69 Å². The summed E-state index contributed by atoms with van der Waals surface area (Å²) >= 11 is 0. The molecule has 3 nitrogen and oxygen atoms in total. The number of rotatable bonds is 7. The minimum absolute atomic E-state index is 0.811. The SMILES string of the molecule is Nc1ccc(CNCCOCC2CC2)cc1. The number of nitrogen functional groups attached to an aromatic ring is 1. The molecule has 0 atom stereocenters. The van der Waals surface area contributed by atoms with Gasteiger partial charge in [-0.3, -0.25) is 0 Å².